The molecular weight excluding hydrogens is 497 g/mol. The van der Waals surface area contributed by atoms with E-state index in [1.54, 1.807) is 26.8 Å². The van der Waals surface area contributed by atoms with Crippen LogP contribution in [0.5, 0.6) is 5.88 Å². The van der Waals surface area contributed by atoms with Crippen LogP contribution in [-0.2, 0) is 0 Å². The number of aliphatic hydroxyl groups is 1. The summed E-state index contributed by atoms with van der Waals surface area (Å²) >= 11 is 0. The molecule has 0 aliphatic carbocycles. The summed E-state index contributed by atoms with van der Waals surface area (Å²) in [6, 6.07) is 4.71. The smallest absolute Gasteiger partial charge is 0.272 e. The largest absolute Gasteiger partial charge is 0.470 e. The van der Waals surface area contributed by atoms with Crippen LogP contribution in [0.1, 0.15) is 56.1 Å². The number of fused-ring (bicyclic) bond motifs is 1. The zero-order chi connectivity index (χ0) is 26.9. The Balaban J connectivity index is 1.75. The number of aromatic nitrogens is 3. The second kappa shape index (κ2) is 10.6. The Labute approximate surface area is 210 Å². The molecule has 1 unspecified atom stereocenters. The van der Waals surface area contributed by atoms with E-state index in [0.29, 0.717) is 42.8 Å². The molecule has 12 heteroatoms. The number of nitrogens with zero attached hydrogens (tertiary/aromatic N) is 4. The highest BCUT2D eigenvalue weighted by Crippen LogP contribution is 2.37. The summed E-state index contributed by atoms with van der Waals surface area (Å²) < 4.78 is 72.4. The average Bonchev–Trinajstić information content (AvgIpc) is 2.82. The molecule has 2 aromatic heterocycles. The molecule has 0 saturated carbocycles. The Morgan fingerprint density at radius 1 is 1.11 bits per heavy atom. The Bertz CT molecular complexity index is 1260. The van der Waals surface area contributed by atoms with Gasteiger partial charge >= 0.3 is 0 Å². The molecule has 3 aromatic rings. The van der Waals surface area contributed by atoms with Gasteiger partial charge in [-0.3, -0.25) is 0 Å². The topological polar surface area (TPSA) is 83.4 Å². The fourth-order valence-electron chi connectivity index (χ4n) is 4.30. The summed E-state index contributed by atoms with van der Waals surface area (Å²) in [6.45, 7) is 4.96. The van der Waals surface area contributed by atoms with E-state index in [1.165, 1.54) is 12.1 Å². The van der Waals surface area contributed by atoms with Gasteiger partial charge in [0, 0.05) is 18.7 Å². The van der Waals surface area contributed by atoms with Crippen molar-refractivity contribution >= 4 is 22.5 Å². The number of piperidine rings is 1. The zero-order valence-electron chi connectivity index (χ0n) is 20.6. The number of nitrogens with one attached hydrogen (secondary N) is 1. The fourth-order valence-corrected chi connectivity index (χ4v) is 4.30. The Morgan fingerprint density at radius 3 is 2.43 bits per heavy atom. The van der Waals surface area contributed by atoms with Crippen molar-refractivity contribution in [3.05, 3.63) is 47.0 Å². The zero-order valence-corrected chi connectivity index (χ0v) is 20.6. The minimum absolute atomic E-state index is 0.0258. The first-order chi connectivity index (χ1) is 17.4. The summed E-state index contributed by atoms with van der Waals surface area (Å²) in [5, 5.41) is 13.8. The van der Waals surface area contributed by atoms with Crippen molar-refractivity contribution in [1.29, 1.82) is 0 Å². The van der Waals surface area contributed by atoms with Gasteiger partial charge in [-0.25, -0.2) is 31.9 Å². The predicted molar refractivity (Wildman–Crippen MR) is 129 cm³/mol. The van der Waals surface area contributed by atoms with Gasteiger partial charge in [0.2, 0.25) is 5.88 Å². The van der Waals surface area contributed by atoms with Crippen LogP contribution in [0.4, 0.5) is 33.5 Å². The van der Waals surface area contributed by atoms with Crippen LogP contribution < -0.4 is 15.0 Å². The highest BCUT2D eigenvalue weighted by molar-refractivity contribution is 5.90. The molecule has 1 aliphatic heterocycles. The molecule has 1 fully saturated rings. The first-order valence-electron chi connectivity index (χ1n) is 11.9. The molecule has 1 atom stereocenters. The van der Waals surface area contributed by atoms with Gasteiger partial charge in [0.05, 0.1) is 22.6 Å². The molecule has 0 amide bonds. The van der Waals surface area contributed by atoms with Crippen molar-refractivity contribution in [3.63, 3.8) is 0 Å². The molecule has 4 rings (SSSR count). The minimum Gasteiger partial charge on any atom is -0.470 e. The van der Waals surface area contributed by atoms with Crippen molar-refractivity contribution in [2.24, 2.45) is 0 Å². The monoisotopic (exact) mass is 525 g/mol. The van der Waals surface area contributed by atoms with Crippen LogP contribution in [0.3, 0.4) is 0 Å². The van der Waals surface area contributed by atoms with E-state index in [0.717, 1.165) is 6.07 Å². The molecule has 3 heterocycles. The minimum atomic E-state index is -2.96. The second-order valence-corrected chi connectivity index (χ2v) is 9.41. The molecular formula is C25H28F5N5O2. The molecule has 37 heavy (non-hydrogen) atoms. The fraction of sp³-hybridized carbons (Fsp3) is 0.480. The maximum absolute atomic E-state index is 14.8. The van der Waals surface area contributed by atoms with E-state index >= 15 is 0 Å². The van der Waals surface area contributed by atoms with Crippen LogP contribution in [-0.4, -0.2) is 51.8 Å². The molecule has 1 aromatic carbocycles. The number of anilines is 2. The van der Waals surface area contributed by atoms with Gasteiger partial charge in [0.25, 0.3) is 12.9 Å². The van der Waals surface area contributed by atoms with Gasteiger partial charge in [-0.15, -0.1) is 0 Å². The number of benzene rings is 1. The number of pyridine rings is 1. The van der Waals surface area contributed by atoms with E-state index < -0.39 is 42.5 Å². The van der Waals surface area contributed by atoms with Crippen molar-refractivity contribution < 1.29 is 31.8 Å². The summed E-state index contributed by atoms with van der Waals surface area (Å²) in [7, 11) is 0. The maximum Gasteiger partial charge on any atom is 0.272 e. The van der Waals surface area contributed by atoms with Crippen LogP contribution in [0.15, 0.2) is 24.3 Å². The molecule has 200 valence electrons. The molecule has 0 radical (unpaired) electrons. The van der Waals surface area contributed by atoms with Gasteiger partial charge in [0.1, 0.15) is 23.1 Å². The SMILES string of the molecule is Cc1nc(NC(C)c2cccc(C(F)F)c2F)c2cc(N3CCC(C)(O)CC3)c(OCC(F)F)nc2n1. The van der Waals surface area contributed by atoms with Gasteiger partial charge in [-0.1, -0.05) is 18.2 Å². The molecule has 1 aliphatic rings. The standard InChI is InChI=1S/C25H28F5N5O2/c1-13(15-5-4-6-16(20(15)28)21(29)30)31-22-17-11-18(35-9-7-25(3,36)8-10-35)24(37-12-19(26)27)34-23(17)33-14(2)32-22/h4-6,11,13,19,21,36H,7-10,12H2,1-3H3,(H,31,32,33,34). The van der Waals surface area contributed by atoms with E-state index in [4.69, 9.17) is 4.74 Å². The Hall–Kier alpha value is -3.28. The predicted octanol–water partition coefficient (Wildman–Crippen LogP) is 5.58. The van der Waals surface area contributed by atoms with Crippen molar-refractivity contribution in [1.82, 2.24) is 15.0 Å². The molecule has 1 saturated heterocycles. The summed E-state index contributed by atoms with van der Waals surface area (Å²) in [5.41, 5.74) is -0.908. The van der Waals surface area contributed by atoms with Gasteiger partial charge in [-0.2, -0.15) is 4.98 Å². The first kappa shape index (κ1) is 26.8. The number of halogens is 5. The van der Waals surface area contributed by atoms with Crippen molar-refractivity contribution in [2.75, 3.05) is 29.9 Å². The molecule has 7 nitrogen and oxygen atoms in total. The third-order valence-corrected chi connectivity index (χ3v) is 6.39. The highest BCUT2D eigenvalue weighted by Gasteiger charge is 2.30. The average molecular weight is 526 g/mol. The highest BCUT2D eigenvalue weighted by atomic mass is 19.3. The van der Waals surface area contributed by atoms with E-state index in [1.807, 2.05) is 4.90 Å². The number of hydrogen-bond acceptors (Lipinski definition) is 7. The third-order valence-electron chi connectivity index (χ3n) is 6.39. The Kier molecular flexibility index (Phi) is 7.67. The van der Waals surface area contributed by atoms with Crippen LogP contribution >= 0.6 is 0 Å². The van der Waals surface area contributed by atoms with Gasteiger partial charge in [0.15, 0.2) is 12.3 Å². The van der Waals surface area contributed by atoms with Crippen molar-refractivity contribution in [3.8, 4) is 5.88 Å². The van der Waals surface area contributed by atoms with Crippen molar-refractivity contribution in [2.45, 2.75) is 58.1 Å². The summed E-state index contributed by atoms with van der Waals surface area (Å²) in [6.07, 6.45) is -4.77. The Morgan fingerprint density at radius 2 is 1.78 bits per heavy atom. The lowest BCUT2D eigenvalue weighted by atomic mass is 9.93. The lowest BCUT2D eigenvalue weighted by Crippen LogP contribution is -2.42. The number of hydrogen-bond donors (Lipinski definition) is 2. The summed E-state index contributed by atoms with van der Waals surface area (Å²) in [5.74, 6) is -0.454. The first-order valence-corrected chi connectivity index (χ1v) is 11.9. The normalized spacial score (nSPS) is 16.5. The van der Waals surface area contributed by atoms with Gasteiger partial charge in [-0.05, 0) is 39.7 Å². The van der Waals surface area contributed by atoms with Gasteiger partial charge < -0.3 is 20.1 Å². The number of alkyl halides is 4. The van der Waals surface area contributed by atoms with E-state index in [2.05, 4.69) is 20.3 Å². The molecule has 2 N–H and O–H groups in total. The van der Waals surface area contributed by atoms with Crippen LogP contribution in [0.25, 0.3) is 11.0 Å². The lowest BCUT2D eigenvalue weighted by molar-refractivity contribution is 0.0349. The quantitative estimate of drug-likeness (QED) is 0.372. The van der Waals surface area contributed by atoms with Crippen LogP contribution in [0.2, 0.25) is 0 Å². The summed E-state index contributed by atoms with van der Waals surface area (Å²) in [4.78, 5) is 15.0. The van der Waals surface area contributed by atoms with Crippen LogP contribution in [0, 0.1) is 12.7 Å². The lowest BCUT2D eigenvalue weighted by Gasteiger charge is -2.37. The number of ether oxygens (including phenoxy) is 1. The van der Waals surface area contributed by atoms with E-state index in [-0.39, 0.29) is 22.9 Å². The second-order valence-electron chi connectivity index (χ2n) is 9.41. The third kappa shape index (κ3) is 6.00. The molecule has 0 bridgehead atoms. The molecule has 0 spiro atoms. The maximum atomic E-state index is 14.8. The van der Waals surface area contributed by atoms with E-state index in [9.17, 15) is 27.1 Å². The number of rotatable bonds is 8. The number of aryl methyl sites for hydroxylation is 1.